The molecule has 0 spiro atoms. The number of nitriles is 1. The smallest absolute Gasteiger partial charge is 0.168 e. The summed E-state index contributed by atoms with van der Waals surface area (Å²) < 4.78 is 8.11. The van der Waals surface area contributed by atoms with Crippen LogP contribution in [0.15, 0.2) is 36.8 Å². The summed E-state index contributed by atoms with van der Waals surface area (Å²) in [5.41, 5.74) is 8.81. The van der Waals surface area contributed by atoms with Gasteiger partial charge in [0.1, 0.15) is 5.75 Å². The quantitative estimate of drug-likeness (QED) is 0.685. The van der Waals surface area contributed by atoms with Crippen LogP contribution in [0, 0.1) is 23.7 Å². The first-order valence-corrected chi connectivity index (χ1v) is 9.56. The topological polar surface area (TPSA) is 103 Å². The second kappa shape index (κ2) is 8.41. The minimum Gasteiger partial charge on any atom is -0.453 e. The lowest BCUT2D eigenvalue weighted by Gasteiger charge is -2.19. The molecule has 0 atom stereocenters. The number of nitrogens with two attached hydrogens (primary N) is 1. The third-order valence-electron chi connectivity index (χ3n) is 4.39. The average molecular weight is 390 g/mol. The Bertz CT molecular complexity index is 1020. The van der Waals surface area contributed by atoms with Crippen molar-refractivity contribution >= 4 is 0 Å². The van der Waals surface area contributed by atoms with Crippen molar-refractivity contribution in [2.45, 2.75) is 40.7 Å². The van der Waals surface area contributed by atoms with Crippen LogP contribution in [0.3, 0.4) is 0 Å². The van der Waals surface area contributed by atoms with E-state index in [9.17, 15) is 5.26 Å². The highest BCUT2D eigenvalue weighted by molar-refractivity contribution is 5.66. The first-order chi connectivity index (χ1) is 13.8. The summed E-state index contributed by atoms with van der Waals surface area (Å²) in [5, 5.41) is 13.8. The lowest BCUT2D eigenvalue weighted by molar-refractivity contribution is 0.320. The van der Waals surface area contributed by atoms with E-state index >= 15 is 0 Å². The monoisotopic (exact) mass is 390 g/mol. The second-order valence-electron chi connectivity index (χ2n) is 8.19. The van der Waals surface area contributed by atoms with Crippen molar-refractivity contribution in [3.63, 3.8) is 0 Å². The maximum atomic E-state index is 9.31. The van der Waals surface area contributed by atoms with Crippen LogP contribution in [-0.2, 0) is 13.0 Å². The van der Waals surface area contributed by atoms with E-state index in [4.69, 9.17) is 10.5 Å². The van der Waals surface area contributed by atoms with Gasteiger partial charge in [0.2, 0.25) is 0 Å². The molecule has 7 heteroatoms. The Morgan fingerprint density at radius 2 is 1.86 bits per heavy atom. The van der Waals surface area contributed by atoms with Crippen LogP contribution >= 0.6 is 0 Å². The zero-order valence-corrected chi connectivity index (χ0v) is 17.3. The van der Waals surface area contributed by atoms with Crippen molar-refractivity contribution in [3.05, 3.63) is 53.6 Å². The number of hydrogen-bond acceptors (Lipinski definition) is 6. The maximum absolute atomic E-state index is 9.31. The molecule has 2 aromatic heterocycles. The predicted octanol–water partition coefficient (Wildman–Crippen LogP) is 3.86. The molecule has 3 aromatic rings. The van der Waals surface area contributed by atoms with E-state index in [0.29, 0.717) is 35.0 Å². The van der Waals surface area contributed by atoms with Crippen LogP contribution in [0.4, 0.5) is 0 Å². The van der Waals surface area contributed by atoms with Gasteiger partial charge in [0.15, 0.2) is 11.6 Å². The first kappa shape index (κ1) is 20.5. The lowest BCUT2D eigenvalue weighted by Crippen LogP contribution is -2.17. The van der Waals surface area contributed by atoms with Crippen molar-refractivity contribution in [3.8, 4) is 29.0 Å². The molecule has 7 nitrogen and oxygen atoms in total. The van der Waals surface area contributed by atoms with E-state index in [1.165, 1.54) is 0 Å². The molecular formula is C22H26N6O. The zero-order valence-electron chi connectivity index (χ0n) is 17.3. The molecule has 1 aromatic carbocycles. The molecule has 3 rings (SSSR count). The molecule has 0 saturated heterocycles. The highest BCUT2D eigenvalue weighted by Gasteiger charge is 2.18. The Labute approximate surface area is 171 Å². The van der Waals surface area contributed by atoms with E-state index < -0.39 is 0 Å². The highest BCUT2D eigenvalue weighted by atomic mass is 16.5. The molecule has 2 heterocycles. The van der Waals surface area contributed by atoms with Gasteiger partial charge in [-0.05, 0) is 49.1 Å². The molecule has 29 heavy (non-hydrogen) atoms. The number of nitrogens with zero attached hydrogens (tertiary/aromatic N) is 5. The second-order valence-corrected chi connectivity index (χ2v) is 8.19. The van der Waals surface area contributed by atoms with E-state index in [-0.39, 0.29) is 5.41 Å². The largest absolute Gasteiger partial charge is 0.453 e. The first-order valence-electron chi connectivity index (χ1n) is 9.56. The van der Waals surface area contributed by atoms with Crippen LogP contribution in [0.25, 0.3) is 11.4 Å². The molecule has 0 amide bonds. The van der Waals surface area contributed by atoms with Gasteiger partial charge >= 0.3 is 0 Å². The van der Waals surface area contributed by atoms with Gasteiger partial charge < -0.3 is 10.5 Å². The van der Waals surface area contributed by atoms with E-state index in [2.05, 4.69) is 41.9 Å². The number of benzene rings is 1. The van der Waals surface area contributed by atoms with Crippen molar-refractivity contribution in [1.82, 2.24) is 19.7 Å². The summed E-state index contributed by atoms with van der Waals surface area (Å²) in [5.74, 6) is 1.70. The zero-order chi connectivity index (χ0) is 21.0. The molecule has 0 saturated carbocycles. The highest BCUT2D eigenvalue weighted by Crippen LogP contribution is 2.34. The summed E-state index contributed by atoms with van der Waals surface area (Å²) in [7, 11) is 0. The Morgan fingerprint density at radius 1 is 1.14 bits per heavy atom. The molecule has 150 valence electrons. The SMILES string of the molecule is Cc1c(Oc2cc(C#N)ccc2-c2ncc(CCN)cn2)cnn1CC(C)(C)C. The number of hydrogen-bond donors (Lipinski definition) is 1. The van der Waals surface area contributed by atoms with Gasteiger partial charge in [-0.2, -0.15) is 10.4 Å². The molecule has 0 unspecified atom stereocenters. The average Bonchev–Trinajstić information content (AvgIpc) is 3.01. The normalized spacial score (nSPS) is 11.3. The van der Waals surface area contributed by atoms with Crippen molar-refractivity contribution < 1.29 is 4.74 Å². The Hall–Kier alpha value is -3.24. The molecule has 0 aliphatic carbocycles. The summed E-state index contributed by atoms with van der Waals surface area (Å²) >= 11 is 0. The van der Waals surface area contributed by atoms with Crippen LogP contribution in [-0.4, -0.2) is 26.3 Å². The summed E-state index contributed by atoms with van der Waals surface area (Å²) in [6.45, 7) is 9.78. The molecule has 0 aliphatic heterocycles. The lowest BCUT2D eigenvalue weighted by atomic mass is 9.97. The van der Waals surface area contributed by atoms with Gasteiger partial charge in [0, 0.05) is 18.9 Å². The van der Waals surface area contributed by atoms with Crippen molar-refractivity contribution in [2.24, 2.45) is 11.1 Å². The minimum atomic E-state index is 0.0963. The number of rotatable bonds is 6. The maximum Gasteiger partial charge on any atom is 0.168 e. The Balaban J connectivity index is 1.96. The Kier molecular flexibility index (Phi) is 5.95. The third kappa shape index (κ3) is 4.98. The predicted molar refractivity (Wildman–Crippen MR) is 111 cm³/mol. The van der Waals surface area contributed by atoms with Crippen LogP contribution in [0.2, 0.25) is 0 Å². The summed E-state index contributed by atoms with van der Waals surface area (Å²) in [6, 6.07) is 7.39. The number of aromatic nitrogens is 4. The van der Waals surface area contributed by atoms with Crippen molar-refractivity contribution in [1.29, 1.82) is 5.26 Å². The fourth-order valence-electron chi connectivity index (χ4n) is 2.91. The minimum absolute atomic E-state index is 0.0963. The van der Waals surface area contributed by atoms with Gasteiger partial charge in [-0.15, -0.1) is 0 Å². The fourth-order valence-corrected chi connectivity index (χ4v) is 2.91. The fraction of sp³-hybridized carbons (Fsp3) is 0.364. The molecule has 0 radical (unpaired) electrons. The molecule has 0 fully saturated rings. The number of ether oxygens (including phenoxy) is 1. The van der Waals surface area contributed by atoms with Gasteiger partial charge in [-0.3, -0.25) is 4.68 Å². The molecule has 2 N–H and O–H groups in total. The molecular weight excluding hydrogens is 364 g/mol. The van der Waals surface area contributed by atoms with Gasteiger partial charge in [0.05, 0.1) is 29.1 Å². The van der Waals surface area contributed by atoms with Crippen molar-refractivity contribution in [2.75, 3.05) is 6.54 Å². The standard InChI is InChI=1S/C22H26N6O/c1-15-20(13-27-28(15)14-22(2,3)4)29-19-9-16(10-24)5-6-18(19)21-25-11-17(7-8-23)12-26-21/h5-6,9,11-13H,7-8,14,23H2,1-4H3. The van der Waals surface area contributed by atoms with Crippen LogP contribution in [0.5, 0.6) is 11.5 Å². The van der Waals surface area contributed by atoms with E-state index in [1.54, 1.807) is 36.8 Å². The third-order valence-corrected chi connectivity index (χ3v) is 4.39. The van der Waals surface area contributed by atoms with Gasteiger partial charge in [-0.1, -0.05) is 20.8 Å². The molecule has 0 bridgehead atoms. The van der Waals surface area contributed by atoms with Gasteiger partial charge in [-0.25, -0.2) is 9.97 Å². The summed E-state index contributed by atoms with van der Waals surface area (Å²) in [6.07, 6.45) is 5.96. The summed E-state index contributed by atoms with van der Waals surface area (Å²) in [4.78, 5) is 8.90. The van der Waals surface area contributed by atoms with E-state index in [0.717, 1.165) is 24.2 Å². The van der Waals surface area contributed by atoms with Gasteiger partial charge in [0.25, 0.3) is 0 Å². The molecule has 0 aliphatic rings. The van der Waals surface area contributed by atoms with E-state index in [1.807, 2.05) is 11.6 Å². The van der Waals surface area contributed by atoms with Crippen LogP contribution in [0.1, 0.15) is 37.6 Å². The Morgan fingerprint density at radius 3 is 2.48 bits per heavy atom. The van der Waals surface area contributed by atoms with Crippen LogP contribution < -0.4 is 10.5 Å².